The first-order valence-corrected chi connectivity index (χ1v) is 7.26. The SMILES string of the molecule is Cc1cccc(C(O)c2cc3cc(F)ccc3o2)c1I. The molecule has 0 fully saturated rings. The summed E-state index contributed by atoms with van der Waals surface area (Å²) in [6.45, 7) is 1.99. The minimum absolute atomic E-state index is 0.315. The minimum Gasteiger partial charge on any atom is -0.458 e. The Hall–Kier alpha value is -1.40. The van der Waals surface area contributed by atoms with Gasteiger partial charge in [-0.25, -0.2) is 4.39 Å². The fourth-order valence-electron chi connectivity index (χ4n) is 2.20. The quantitative estimate of drug-likeness (QED) is 0.659. The molecule has 0 saturated carbocycles. The fraction of sp³-hybridized carbons (Fsp3) is 0.125. The molecule has 1 atom stereocenters. The van der Waals surface area contributed by atoms with E-state index in [0.717, 1.165) is 14.7 Å². The highest BCUT2D eigenvalue weighted by molar-refractivity contribution is 14.1. The predicted molar refractivity (Wildman–Crippen MR) is 84.1 cm³/mol. The van der Waals surface area contributed by atoms with Gasteiger partial charge in [0, 0.05) is 14.5 Å². The van der Waals surface area contributed by atoms with Gasteiger partial charge in [0.1, 0.15) is 23.3 Å². The van der Waals surface area contributed by atoms with Crippen molar-refractivity contribution < 1.29 is 13.9 Å². The van der Waals surface area contributed by atoms with E-state index in [2.05, 4.69) is 22.6 Å². The second kappa shape index (κ2) is 5.18. The molecule has 0 aliphatic rings. The van der Waals surface area contributed by atoms with Crippen molar-refractivity contribution in [2.45, 2.75) is 13.0 Å². The van der Waals surface area contributed by atoms with Crippen LogP contribution in [0.5, 0.6) is 0 Å². The van der Waals surface area contributed by atoms with Gasteiger partial charge in [-0.3, -0.25) is 0 Å². The summed E-state index contributed by atoms with van der Waals surface area (Å²) in [6, 6.07) is 11.8. The van der Waals surface area contributed by atoms with E-state index in [9.17, 15) is 9.50 Å². The number of aliphatic hydroxyl groups excluding tert-OH is 1. The molecule has 1 unspecified atom stereocenters. The molecule has 1 aromatic heterocycles. The topological polar surface area (TPSA) is 33.4 Å². The number of hydrogen-bond acceptors (Lipinski definition) is 2. The van der Waals surface area contributed by atoms with Gasteiger partial charge in [0.05, 0.1) is 0 Å². The Morgan fingerprint density at radius 1 is 1.20 bits per heavy atom. The summed E-state index contributed by atoms with van der Waals surface area (Å²) in [7, 11) is 0. The molecule has 20 heavy (non-hydrogen) atoms. The highest BCUT2D eigenvalue weighted by atomic mass is 127. The summed E-state index contributed by atoms with van der Waals surface area (Å²) in [4.78, 5) is 0. The van der Waals surface area contributed by atoms with E-state index in [1.807, 2.05) is 25.1 Å². The van der Waals surface area contributed by atoms with Gasteiger partial charge in [0.2, 0.25) is 0 Å². The van der Waals surface area contributed by atoms with Crippen LogP contribution in [-0.2, 0) is 0 Å². The first-order chi connectivity index (χ1) is 9.56. The summed E-state index contributed by atoms with van der Waals surface area (Å²) in [5, 5.41) is 11.1. The predicted octanol–water partition coefficient (Wildman–Crippen LogP) is 4.57. The molecule has 0 aliphatic heterocycles. The third-order valence-electron chi connectivity index (χ3n) is 3.28. The van der Waals surface area contributed by atoms with Crippen LogP contribution in [0, 0.1) is 16.3 Å². The number of fused-ring (bicyclic) bond motifs is 1. The van der Waals surface area contributed by atoms with E-state index in [0.29, 0.717) is 16.7 Å². The van der Waals surface area contributed by atoms with Crippen molar-refractivity contribution in [2.75, 3.05) is 0 Å². The highest BCUT2D eigenvalue weighted by Gasteiger charge is 2.18. The smallest absolute Gasteiger partial charge is 0.138 e. The van der Waals surface area contributed by atoms with Crippen LogP contribution in [0.4, 0.5) is 4.39 Å². The molecule has 2 aromatic carbocycles. The molecule has 3 aromatic rings. The molecule has 1 heterocycles. The summed E-state index contributed by atoms with van der Waals surface area (Å²) >= 11 is 2.21. The van der Waals surface area contributed by atoms with Gasteiger partial charge in [-0.15, -0.1) is 0 Å². The maximum atomic E-state index is 13.2. The van der Waals surface area contributed by atoms with E-state index >= 15 is 0 Å². The standard InChI is InChI=1S/C16H12FIO2/c1-9-3-2-4-12(15(9)18)16(19)14-8-10-7-11(17)5-6-13(10)20-14/h2-8,16,19H,1H3. The Morgan fingerprint density at radius 2 is 2.00 bits per heavy atom. The van der Waals surface area contributed by atoms with E-state index in [4.69, 9.17) is 4.42 Å². The number of aryl methyl sites for hydroxylation is 1. The van der Waals surface area contributed by atoms with E-state index < -0.39 is 6.10 Å². The lowest BCUT2D eigenvalue weighted by molar-refractivity contribution is 0.191. The van der Waals surface area contributed by atoms with Gasteiger partial charge in [-0.05, 0) is 59.3 Å². The largest absolute Gasteiger partial charge is 0.458 e. The van der Waals surface area contributed by atoms with Crippen LogP contribution in [0.2, 0.25) is 0 Å². The number of benzene rings is 2. The van der Waals surface area contributed by atoms with Crippen molar-refractivity contribution in [1.29, 1.82) is 0 Å². The number of hydrogen-bond donors (Lipinski definition) is 1. The average molecular weight is 382 g/mol. The van der Waals surface area contributed by atoms with Crippen molar-refractivity contribution in [1.82, 2.24) is 0 Å². The van der Waals surface area contributed by atoms with E-state index in [-0.39, 0.29) is 5.82 Å². The molecule has 0 radical (unpaired) electrons. The van der Waals surface area contributed by atoms with Crippen LogP contribution in [-0.4, -0.2) is 5.11 Å². The molecule has 3 rings (SSSR count). The van der Waals surface area contributed by atoms with Crippen molar-refractivity contribution in [3.8, 4) is 0 Å². The van der Waals surface area contributed by atoms with Crippen LogP contribution >= 0.6 is 22.6 Å². The van der Waals surface area contributed by atoms with Crippen LogP contribution in [0.25, 0.3) is 11.0 Å². The number of furan rings is 1. The van der Waals surface area contributed by atoms with Crippen LogP contribution in [0.3, 0.4) is 0 Å². The molecule has 2 nitrogen and oxygen atoms in total. The second-order valence-corrected chi connectivity index (χ2v) is 5.79. The Labute approximate surface area is 129 Å². The summed E-state index contributed by atoms with van der Waals surface area (Å²) < 4.78 is 19.8. The van der Waals surface area contributed by atoms with Crippen molar-refractivity contribution in [2.24, 2.45) is 0 Å². The number of rotatable bonds is 2. The minimum atomic E-state index is -0.850. The van der Waals surface area contributed by atoms with Crippen LogP contribution in [0.1, 0.15) is 23.0 Å². The third kappa shape index (κ3) is 2.33. The lowest BCUT2D eigenvalue weighted by Gasteiger charge is -2.11. The molecule has 4 heteroatoms. The Kier molecular flexibility index (Phi) is 3.52. The normalized spacial score (nSPS) is 12.8. The summed E-state index contributed by atoms with van der Waals surface area (Å²) in [5.74, 6) is 0.110. The zero-order valence-electron chi connectivity index (χ0n) is 10.7. The second-order valence-electron chi connectivity index (χ2n) is 4.71. The van der Waals surface area contributed by atoms with Crippen molar-refractivity contribution in [3.05, 3.63) is 68.7 Å². The average Bonchev–Trinajstić information content (AvgIpc) is 2.84. The maximum absolute atomic E-state index is 13.2. The fourth-order valence-corrected chi connectivity index (χ4v) is 2.86. The van der Waals surface area contributed by atoms with Crippen molar-refractivity contribution >= 4 is 33.6 Å². The molecule has 0 bridgehead atoms. The zero-order chi connectivity index (χ0) is 14.3. The Balaban J connectivity index is 2.08. The molecule has 1 N–H and O–H groups in total. The summed E-state index contributed by atoms with van der Waals surface area (Å²) in [5.41, 5.74) is 2.47. The lowest BCUT2D eigenvalue weighted by Crippen LogP contribution is -2.01. The van der Waals surface area contributed by atoms with Gasteiger partial charge in [-0.1, -0.05) is 18.2 Å². The number of aliphatic hydroxyl groups is 1. The van der Waals surface area contributed by atoms with Crippen LogP contribution in [0.15, 0.2) is 46.9 Å². The molecule has 0 spiro atoms. The highest BCUT2D eigenvalue weighted by Crippen LogP contribution is 2.31. The third-order valence-corrected chi connectivity index (χ3v) is 4.76. The molecule has 0 amide bonds. The first kappa shape index (κ1) is 13.6. The van der Waals surface area contributed by atoms with Crippen LogP contribution < -0.4 is 0 Å². The Bertz CT molecular complexity index is 779. The van der Waals surface area contributed by atoms with E-state index in [1.54, 1.807) is 12.1 Å². The molecular formula is C16H12FIO2. The van der Waals surface area contributed by atoms with Gasteiger partial charge in [0.15, 0.2) is 0 Å². The van der Waals surface area contributed by atoms with E-state index in [1.165, 1.54) is 12.1 Å². The zero-order valence-corrected chi connectivity index (χ0v) is 12.9. The Morgan fingerprint density at radius 3 is 2.80 bits per heavy atom. The first-order valence-electron chi connectivity index (χ1n) is 6.18. The monoisotopic (exact) mass is 382 g/mol. The lowest BCUT2D eigenvalue weighted by atomic mass is 10.0. The van der Waals surface area contributed by atoms with Gasteiger partial charge in [0.25, 0.3) is 0 Å². The van der Waals surface area contributed by atoms with Crippen molar-refractivity contribution in [3.63, 3.8) is 0 Å². The van der Waals surface area contributed by atoms with Gasteiger partial charge < -0.3 is 9.52 Å². The summed E-state index contributed by atoms with van der Waals surface area (Å²) in [6.07, 6.45) is -0.850. The molecule has 0 aliphatic carbocycles. The van der Waals surface area contributed by atoms with Gasteiger partial charge >= 0.3 is 0 Å². The molecule has 102 valence electrons. The number of halogens is 2. The molecule has 0 saturated heterocycles. The molecular weight excluding hydrogens is 370 g/mol. The van der Waals surface area contributed by atoms with Gasteiger partial charge in [-0.2, -0.15) is 0 Å². The maximum Gasteiger partial charge on any atom is 0.138 e.